The minimum absolute atomic E-state index is 0.0733. The van der Waals surface area contributed by atoms with Gasteiger partial charge in [-0.1, -0.05) is 12.1 Å². The van der Waals surface area contributed by atoms with Crippen LogP contribution in [0.3, 0.4) is 0 Å². The number of rotatable bonds is 6. The van der Waals surface area contributed by atoms with E-state index in [0.29, 0.717) is 11.1 Å². The van der Waals surface area contributed by atoms with E-state index in [1.807, 2.05) is 0 Å². The molecule has 1 aromatic carbocycles. The Morgan fingerprint density at radius 3 is 2.28 bits per heavy atom. The molecule has 29 heavy (non-hydrogen) atoms. The lowest BCUT2D eigenvalue weighted by Gasteiger charge is -2.12. The van der Waals surface area contributed by atoms with Gasteiger partial charge in [0.05, 0.1) is 6.07 Å². The van der Waals surface area contributed by atoms with Crippen molar-refractivity contribution in [3.63, 3.8) is 0 Å². The topological polar surface area (TPSA) is 104 Å². The Balaban J connectivity index is 1.88. The van der Waals surface area contributed by atoms with Gasteiger partial charge in [-0.05, 0) is 48.2 Å². The molecule has 2 aromatic rings. The van der Waals surface area contributed by atoms with E-state index >= 15 is 0 Å². The van der Waals surface area contributed by atoms with Gasteiger partial charge in [-0.3, -0.25) is 9.59 Å². The van der Waals surface area contributed by atoms with Gasteiger partial charge in [-0.2, -0.15) is 5.26 Å². The number of ether oxygens (including phenoxy) is 1. The molecule has 2 N–H and O–H groups in total. The summed E-state index contributed by atoms with van der Waals surface area (Å²) in [4.78, 5) is 27.9. The molecule has 1 saturated carbocycles. The lowest BCUT2D eigenvalue weighted by Crippen LogP contribution is -2.17. The van der Waals surface area contributed by atoms with Crippen LogP contribution >= 0.6 is 0 Å². The van der Waals surface area contributed by atoms with E-state index in [0.717, 1.165) is 25.0 Å². The highest BCUT2D eigenvalue weighted by atomic mass is 19.4. The van der Waals surface area contributed by atoms with Crippen molar-refractivity contribution in [2.75, 3.05) is 10.6 Å². The second-order valence-corrected chi connectivity index (χ2v) is 6.35. The fourth-order valence-corrected chi connectivity index (χ4v) is 2.51. The maximum atomic E-state index is 12.3. The molecule has 3 rings (SSSR count). The quantitative estimate of drug-likeness (QED) is 0.761. The summed E-state index contributed by atoms with van der Waals surface area (Å²) in [6.45, 7) is 0. The summed E-state index contributed by atoms with van der Waals surface area (Å²) >= 11 is 0. The number of benzene rings is 1. The highest BCUT2D eigenvalue weighted by Gasteiger charge is 2.31. The number of nitrogens with one attached hydrogen (secondary N) is 2. The monoisotopic (exact) mass is 404 g/mol. The first-order chi connectivity index (χ1) is 13.7. The molecule has 0 spiro atoms. The number of pyridine rings is 1. The van der Waals surface area contributed by atoms with Crippen LogP contribution in [0.15, 0.2) is 36.4 Å². The van der Waals surface area contributed by atoms with Crippen LogP contribution in [0, 0.1) is 17.2 Å². The molecule has 1 aliphatic rings. The molecule has 0 unspecified atom stereocenters. The third-order valence-corrected chi connectivity index (χ3v) is 3.95. The zero-order chi connectivity index (χ0) is 21.0. The molecule has 150 valence electrons. The predicted molar refractivity (Wildman–Crippen MR) is 96.6 cm³/mol. The number of hydrogen-bond acceptors (Lipinski definition) is 5. The van der Waals surface area contributed by atoms with E-state index in [1.54, 1.807) is 12.1 Å². The number of nitrogens with zero attached hydrogens (tertiary/aromatic N) is 2. The van der Waals surface area contributed by atoms with Crippen molar-refractivity contribution < 1.29 is 27.5 Å². The normalized spacial score (nSPS) is 13.3. The average molecular weight is 404 g/mol. The van der Waals surface area contributed by atoms with Crippen LogP contribution in [0.5, 0.6) is 5.75 Å². The van der Waals surface area contributed by atoms with Crippen molar-refractivity contribution in [3.8, 4) is 22.9 Å². The van der Waals surface area contributed by atoms with Gasteiger partial charge in [0.1, 0.15) is 23.8 Å². The van der Waals surface area contributed by atoms with Crippen LogP contribution in [0.4, 0.5) is 24.8 Å². The van der Waals surface area contributed by atoms with Crippen molar-refractivity contribution in [2.45, 2.75) is 25.6 Å². The van der Waals surface area contributed by atoms with Crippen molar-refractivity contribution in [1.82, 2.24) is 4.98 Å². The van der Waals surface area contributed by atoms with Crippen LogP contribution in [-0.2, 0) is 9.59 Å². The number of aromatic nitrogens is 1. The molecule has 1 aliphatic carbocycles. The van der Waals surface area contributed by atoms with E-state index in [2.05, 4.69) is 20.4 Å². The molecule has 0 aliphatic heterocycles. The second-order valence-electron chi connectivity index (χ2n) is 6.35. The third kappa shape index (κ3) is 5.93. The molecule has 0 radical (unpaired) electrons. The third-order valence-electron chi connectivity index (χ3n) is 3.95. The number of halogens is 3. The number of carbonyl (C=O) groups is 2. The van der Waals surface area contributed by atoms with Gasteiger partial charge in [0.15, 0.2) is 0 Å². The summed E-state index contributed by atoms with van der Waals surface area (Å²) in [7, 11) is 0. The smallest absolute Gasteiger partial charge is 0.406 e. The van der Waals surface area contributed by atoms with Gasteiger partial charge in [0.2, 0.25) is 11.8 Å². The maximum absolute atomic E-state index is 12.3. The van der Waals surface area contributed by atoms with Gasteiger partial charge in [-0.15, -0.1) is 13.2 Å². The van der Waals surface area contributed by atoms with Crippen LogP contribution < -0.4 is 15.4 Å². The lowest BCUT2D eigenvalue weighted by atomic mass is 10.1. The Morgan fingerprint density at radius 1 is 1.10 bits per heavy atom. The maximum Gasteiger partial charge on any atom is 0.573 e. The summed E-state index contributed by atoms with van der Waals surface area (Å²) in [6, 6.07) is 9.86. The van der Waals surface area contributed by atoms with Gasteiger partial charge in [0, 0.05) is 5.92 Å². The van der Waals surface area contributed by atoms with Gasteiger partial charge < -0.3 is 15.4 Å². The Hall–Kier alpha value is -3.61. The number of amides is 2. The molecule has 1 heterocycles. The van der Waals surface area contributed by atoms with E-state index in [-0.39, 0.29) is 35.6 Å². The molecule has 0 saturated heterocycles. The minimum Gasteiger partial charge on any atom is -0.406 e. The lowest BCUT2D eigenvalue weighted by molar-refractivity contribution is -0.274. The highest BCUT2D eigenvalue weighted by Crippen LogP contribution is 2.32. The number of hydrogen-bond donors (Lipinski definition) is 2. The van der Waals surface area contributed by atoms with Crippen LogP contribution in [0.25, 0.3) is 11.1 Å². The van der Waals surface area contributed by atoms with E-state index in [9.17, 15) is 22.8 Å². The fraction of sp³-hybridized carbons (Fsp3) is 0.263. The SMILES string of the molecule is N#CCC(=O)Nc1cc(-c2ccc(OC(F)(F)F)cc2)cc(NC(=O)C2CC2)n1. The summed E-state index contributed by atoms with van der Waals surface area (Å²) < 4.78 is 40.8. The summed E-state index contributed by atoms with van der Waals surface area (Å²) in [5.41, 5.74) is 1.01. The number of anilines is 2. The number of carbonyl (C=O) groups excluding carboxylic acids is 2. The summed E-state index contributed by atoms with van der Waals surface area (Å²) in [5.74, 6) is -0.939. The van der Waals surface area contributed by atoms with Crippen molar-refractivity contribution in [2.24, 2.45) is 5.92 Å². The van der Waals surface area contributed by atoms with E-state index < -0.39 is 12.3 Å². The minimum atomic E-state index is -4.80. The van der Waals surface area contributed by atoms with Crippen LogP contribution in [0.2, 0.25) is 0 Å². The molecule has 2 amide bonds. The summed E-state index contributed by atoms with van der Waals surface area (Å²) in [5, 5.41) is 13.7. The van der Waals surface area contributed by atoms with E-state index in [1.165, 1.54) is 18.2 Å². The zero-order valence-electron chi connectivity index (χ0n) is 14.9. The predicted octanol–water partition coefficient (Wildman–Crippen LogP) is 3.85. The summed E-state index contributed by atoms with van der Waals surface area (Å²) in [6.07, 6.45) is -3.59. The molecular weight excluding hydrogens is 389 g/mol. The Bertz CT molecular complexity index is 964. The van der Waals surface area contributed by atoms with Gasteiger partial charge in [-0.25, -0.2) is 4.98 Å². The molecule has 7 nitrogen and oxygen atoms in total. The first-order valence-electron chi connectivity index (χ1n) is 8.59. The standard InChI is InChI=1S/C19H15F3N4O3/c20-19(21,22)29-14-5-3-11(4-6-14)13-9-15(25-17(27)7-8-23)24-16(10-13)26-18(28)12-1-2-12/h3-6,9-10,12H,1-2,7H2,(H2,24,25,26,27,28). The van der Waals surface area contributed by atoms with E-state index in [4.69, 9.17) is 5.26 Å². The van der Waals surface area contributed by atoms with Gasteiger partial charge >= 0.3 is 6.36 Å². The Morgan fingerprint density at radius 2 is 1.72 bits per heavy atom. The van der Waals surface area contributed by atoms with Crippen molar-refractivity contribution in [3.05, 3.63) is 36.4 Å². The fourth-order valence-electron chi connectivity index (χ4n) is 2.51. The molecule has 0 bridgehead atoms. The largest absolute Gasteiger partial charge is 0.573 e. The second kappa shape index (κ2) is 8.18. The van der Waals surface area contributed by atoms with Gasteiger partial charge in [0.25, 0.3) is 0 Å². The zero-order valence-corrected chi connectivity index (χ0v) is 14.9. The average Bonchev–Trinajstić information content (AvgIpc) is 3.46. The Labute approximate surface area is 163 Å². The highest BCUT2D eigenvalue weighted by molar-refractivity contribution is 5.95. The van der Waals surface area contributed by atoms with Crippen molar-refractivity contribution in [1.29, 1.82) is 5.26 Å². The number of nitriles is 1. The number of alkyl halides is 3. The first-order valence-corrected chi connectivity index (χ1v) is 8.59. The Kier molecular flexibility index (Phi) is 5.68. The first kappa shape index (κ1) is 20.1. The van der Waals surface area contributed by atoms with Crippen LogP contribution in [0.1, 0.15) is 19.3 Å². The molecule has 1 fully saturated rings. The molecular formula is C19H15F3N4O3. The molecule has 1 aromatic heterocycles. The van der Waals surface area contributed by atoms with Crippen LogP contribution in [-0.4, -0.2) is 23.2 Å². The molecule has 10 heteroatoms. The molecule has 0 atom stereocenters. The van der Waals surface area contributed by atoms with Crippen molar-refractivity contribution >= 4 is 23.5 Å².